The van der Waals surface area contributed by atoms with Crippen molar-refractivity contribution in [3.8, 4) is 16.8 Å². The zero-order valence-electron chi connectivity index (χ0n) is 23.3. The lowest BCUT2D eigenvalue weighted by Gasteiger charge is -2.35. The van der Waals surface area contributed by atoms with Crippen LogP contribution in [0, 0.1) is 12.3 Å². The second-order valence-corrected chi connectivity index (χ2v) is 11.7. The largest absolute Gasteiger partial charge is 0.411 e. The fourth-order valence-electron chi connectivity index (χ4n) is 6.39. The first-order chi connectivity index (χ1) is 19.9. The monoisotopic (exact) mass is 571 g/mol. The van der Waals surface area contributed by atoms with E-state index in [0.29, 0.717) is 5.69 Å². The van der Waals surface area contributed by atoms with Gasteiger partial charge in [-0.25, -0.2) is 4.68 Å². The lowest BCUT2D eigenvalue weighted by atomic mass is 9.66. The molecule has 42 heavy (non-hydrogen) atoms. The number of anilines is 1. The van der Waals surface area contributed by atoms with Crippen LogP contribution in [0.4, 0.5) is 18.9 Å². The van der Waals surface area contributed by atoms with Crippen LogP contribution in [0.25, 0.3) is 16.8 Å². The van der Waals surface area contributed by atoms with Gasteiger partial charge in [-0.05, 0) is 54.2 Å². The maximum absolute atomic E-state index is 15.6. The van der Waals surface area contributed by atoms with Gasteiger partial charge in [0.2, 0.25) is 5.41 Å². The number of ketones is 1. The first-order valence-electron chi connectivity index (χ1n) is 13.6. The van der Waals surface area contributed by atoms with Crippen molar-refractivity contribution in [2.75, 3.05) is 4.90 Å². The van der Waals surface area contributed by atoms with Gasteiger partial charge in [0.15, 0.2) is 5.78 Å². The van der Waals surface area contributed by atoms with Crippen molar-refractivity contribution in [3.63, 3.8) is 0 Å². The Bertz CT molecular complexity index is 1800. The molecule has 1 aromatic heterocycles. The van der Waals surface area contributed by atoms with Crippen molar-refractivity contribution in [2.45, 2.75) is 45.2 Å². The van der Waals surface area contributed by atoms with Crippen LogP contribution in [-0.2, 0) is 15.0 Å². The Hall–Kier alpha value is -4.66. The number of rotatable bonds is 4. The van der Waals surface area contributed by atoms with Crippen molar-refractivity contribution in [3.05, 3.63) is 118 Å². The van der Waals surface area contributed by atoms with Gasteiger partial charge in [0.05, 0.1) is 11.3 Å². The minimum atomic E-state index is -5.29. The summed E-state index contributed by atoms with van der Waals surface area (Å²) in [5.74, 6) is -2.16. The summed E-state index contributed by atoms with van der Waals surface area (Å²) < 4.78 is 47.8. The van der Waals surface area contributed by atoms with Crippen molar-refractivity contribution >= 4 is 17.4 Å². The minimum Gasteiger partial charge on any atom is -0.295 e. The van der Waals surface area contributed by atoms with Gasteiger partial charge in [0.25, 0.3) is 11.5 Å². The van der Waals surface area contributed by atoms with Crippen LogP contribution >= 0.6 is 0 Å². The molecule has 1 N–H and O–H groups in total. The zero-order chi connectivity index (χ0) is 30.0. The van der Waals surface area contributed by atoms with Gasteiger partial charge >= 0.3 is 6.18 Å². The summed E-state index contributed by atoms with van der Waals surface area (Å²) in [5.41, 5.74) is -4.48. The molecule has 4 aromatic rings. The highest BCUT2D eigenvalue weighted by molar-refractivity contribution is 6.20. The summed E-state index contributed by atoms with van der Waals surface area (Å²) in [7, 11) is 0. The van der Waals surface area contributed by atoms with Gasteiger partial charge < -0.3 is 0 Å². The number of Topliss-reactive ketones (excluding diaryl/α,β-unsaturated/α-hetero) is 1. The normalized spacial score (nSPS) is 20.3. The van der Waals surface area contributed by atoms with Crippen molar-refractivity contribution in [1.82, 2.24) is 9.78 Å². The summed E-state index contributed by atoms with van der Waals surface area (Å²) in [6.07, 6.45) is -5.41. The first-order valence-corrected chi connectivity index (χ1v) is 13.6. The number of carbonyl (C=O) groups excluding carboxylic acids is 2. The summed E-state index contributed by atoms with van der Waals surface area (Å²) in [5, 5.41) is 2.76. The third kappa shape index (κ3) is 3.98. The van der Waals surface area contributed by atoms with Crippen LogP contribution in [0.5, 0.6) is 0 Å². The zero-order valence-corrected chi connectivity index (χ0v) is 23.3. The number of hydrogen-bond acceptors (Lipinski definition) is 3. The molecule has 2 heterocycles. The van der Waals surface area contributed by atoms with Crippen LogP contribution in [0.1, 0.15) is 37.9 Å². The van der Waals surface area contributed by atoms with Gasteiger partial charge in [-0.1, -0.05) is 74.5 Å². The van der Waals surface area contributed by atoms with Crippen molar-refractivity contribution < 1.29 is 22.8 Å². The molecule has 0 spiro atoms. The SMILES string of the molecule is Cc1[nH]n(-c2ccc(-c3ccccc3)cc2)c(=O)c1C1(C(F)(F)F)C(=O)N(c2ccccc2)C2=C1C(=O)CC(C)(C)C2. The van der Waals surface area contributed by atoms with Gasteiger partial charge in [-0.3, -0.25) is 24.4 Å². The quantitative estimate of drug-likeness (QED) is 0.299. The number of hydrogen-bond donors (Lipinski definition) is 1. The van der Waals surface area contributed by atoms with Crippen LogP contribution in [0.2, 0.25) is 0 Å². The van der Waals surface area contributed by atoms with Crippen LogP contribution in [0.15, 0.2) is 101 Å². The molecule has 9 heteroatoms. The van der Waals surface area contributed by atoms with Crippen LogP contribution in [-0.4, -0.2) is 27.6 Å². The Morgan fingerprint density at radius 1 is 0.762 bits per heavy atom. The second kappa shape index (κ2) is 9.44. The highest BCUT2D eigenvalue weighted by Gasteiger charge is 2.73. The van der Waals surface area contributed by atoms with E-state index in [9.17, 15) is 14.4 Å². The summed E-state index contributed by atoms with van der Waals surface area (Å²) >= 11 is 0. The van der Waals surface area contributed by atoms with Crippen LogP contribution < -0.4 is 10.5 Å². The van der Waals surface area contributed by atoms with Crippen molar-refractivity contribution in [2.24, 2.45) is 5.41 Å². The molecule has 0 bridgehead atoms. The first kappa shape index (κ1) is 27.5. The molecular weight excluding hydrogens is 543 g/mol. The number of nitrogens with one attached hydrogen (secondary N) is 1. The minimum absolute atomic E-state index is 0.0106. The van der Waals surface area contributed by atoms with Gasteiger partial charge in [-0.15, -0.1) is 0 Å². The summed E-state index contributed by atoms with van der Waals surface area (Å²) in [6, 6.07) is 24.2. The van der Waals surface area contributed by atoms with E-state index in [1.165, 1.54) is 19.1 Å². The number of benzene rings is 3. The van der Waals surface area contributed by atoms with E-state index < -0.39 is 45.4 Å². The Morgan fingerprint density at radius 3 is 1.93 bits per heavy atom. The standard InChI is InChI=1S/C33H28F3N3O3/c1-20-27(29(41)39(37-20)24-16-14-22(15-17-24)21-10-6-4-7-11-21)32(33(34,35)36)28-25(18-31(2,3)19-26(28)40)38(30(32)42)23-12-8-5-9-13-23/h4-17,37H,18-19H2,1-3H3. The Kier molecular flexibility index (Phi) is 6.18. The highest BCUT2D eigenvalue weighted by Crippen LogP contribution is 2.58. The molecule has 1 aliphatic carbocycles. The molecule has 3 aromatic carbocycles. The fourth-order valence-corrected chi connectivity index (χ4v) is 6.39. The Labute approximate surface area is 240 Å². The number of amides is 1. The summed E-state index contributed by atoms with van der Waals surface area (Å²) in [6.45, 7) is 4.89. The molecule has 6 nitrogen and oxygen atoms in total. The molecule has 0 saturated heterocycles. The molecule has 2 aliphatic rings. The molecule has 0 saturated carbocycles. The van der Waals surface area contributed by atoms with E-state index in [1.54, 1.807) is 56.3 Å². The topological polar surface area (TPSA) is 75.2 Å². The number of para-hydroxylation sites is 1. The molecule has 1 aliphatic heterocycles. The van der Waals surface area contributed by atoms with E-state index in [1.807, 2.05) is 30.3 Å². The van der Waals surface area contributed by atoms with Gasteiger partial charge in [0, 0.05) is 29.1 Å². The number of nitrogens with zero attached hydrogens (tertiary/aromatic N) is 2. The maximum atomic E-state index is 15.6. The third-order valence-electron chi connectivity index (χ3n) is 8.14. The number of allylic oxidation sites excluding steroid dienone is 1. The van der Waals surface area contributed by atoms with Gasteiger partial charge in [0.1, 0.15) is 0 Å². The molecule has 1 amide bonds. The van der Waals surface area contributed by atoms with E-state index in [4.69, 9.17) is 0 Å². The molecule has 0 radical (unpaired) electrons. The molecule has 0 fully saturated rings. The van der Waals surface area contributed by atoms with Crippen LogP contribution in [0.3, 0.4) is 0 Å². The van der Waals surface area contributed by atoms with Crippen molar-refractivity contribution in [1.29, 1.82) is 0 Å². The number of aryl methyl sites for hydroxylation is 1. The number of aromatic nitrogens is 2. The number of alkyl halides is 3. The highest BCUT2D eigenvalue weighted by atomic mass is 19.4. The smallest absolute Gasteiger partial charge is 0.295 e. The number of aromatic amines is 1. The lowest BCUT2D eigenvalue weighted by Crippen LogP contribution is -2.55. The molecule has 1 unspecified atom stereocenters. The van der Waals surface area contributed by atoms with E-state index in [-0.39, 0.29) is 29.9 Å². The Morgan fingerprint density at radius 2 is 1.33 bits per heavy atom. The average Bonchev–Trinajstić information content (AvgIpc) is 3.38. The van der Waals surface area contributed by atoms with E-state index in [2.05, 4.69) is 5.10 Å². The Balaban J connectivity index is 1.58. The predicted molar refractivity (Wildman–Crippen MR) is 153 cm³/mol. The average molecular weight is 572 g/mol. The number of halogens is 3. The fraction of sp³-hybridized carbons (Fsp3) is 0.242. The molecular formula is C33H28F3N3O3. The third-order valence-corrected chi connectivity index (χ3v) is 8.14. The second-order valence-electron chi connectivity index (χ2n) is 11.7. The predicted octanol–water partition coefficient (Wildman–Crippen LogP) is 6.63. The molecule has 1 atom stereocenters. The van der Waals surface area contributed by atoms with E-state index in [0.717, 1.165) is 20.7 Å². The lowest BCUT2D eigenvalue weighted by molar-refractivity contribution is -0.184. The van der Waals surface area contributed by atoms with E-state index >= 15 is 13.2 Å². The maximum Gasteiger partial charge on any atom is 0.411 e. The molecule has 6 rings (SSSR count). The number of carbonyl (C=O) groups is 2. The van der Waals surface area contributed by atoms with Gasteiger partial charge in [-0.2, -0.15) is 13.2 Å². The summed E-state index contributed by atoms with van der Waals surface area (Å²) in [4.78, 5) is 43.0. The number of H-pyrrole nitrogens is 1. The molecule has 214 valence electrons.